The van der Waals surface area contributed by atoms with Gasteiger partial charge in [-0.25, -0.2) is 0 Å². The summed E-state index contributed by atoms with van der Waals surface area (Å²) in [5, 5.41) is 12.6. The molecule has 1 aliphatic heterocycles. The van der Waals surface area contributed by atoms with Crippen LogP contribution in [0.15, 0.2) is 10.6 Å². The molecule has 0 bridgehead atoms. The molecule has 1 aliphatic carbocycles. The van der Waals surface area contributed by atoms with Gasteiger partial charge in [0.15, 0.2) is 0 Å². The SMILES string of the molecule is Cc1cc(-c2nn(C)c(Cl)c2C(=O)N2CCC3(CCC(NCCC(C)(C)C)CC3)CC2)no1. The molecule has 1 amide bonds. The monoisotopic (exact) mass is 475 g/mol. The van der Waals surface area contributed by atoms with Crippen molar-refractivity contribution in [2.24, 2.45) is 17.9 Å². The molecule has 2 aliphatic rings. The van der Waals surface area contributed by atoms with E-state index in [-0.39, 0.29) is 5.91 Å². The summed E-state index contributed by atoms with van der Waals surface area (Å²) in [6.45, 7) is 11.4. The number of carbonyl (C=O) groups is 1. The average Bonchev–Trinajstić information content (AvgIpc) is 3.32. The second-order valence-electron chi connectivity index (χ2n) is 11.3. The highest BCUT2D eigenvalue weighted by atomic mass is 35.5. The minimum Gasteiger partial charge on any atom is -0.361 e. The first kappa shape index (κ1) is 24.3. The molecule has 1 N–H and O–H groups in total. The summed E-state index contributed by atoms with van der Waals surface area (Å²) in [6, 6.07) is 2.43. The normalized spacial score (nSPS) is 19.4. The van der Waals surface area contributed by atoms with Gasteiger partial charge in [0.05, 0.1) is 0 Å². The van der Waals surface area contributed by atoms with Gasteiger partial charge in [0.1, 0.15) is 27.9 Å². The fraction of sp³-hybridized carbons (Fsp3) is 0.720. The Morgan fingerprint density at radius 2 is 1.91 bits per heavy atom. The fourth-order valence-corrected chi connectivity index (χ4v) is 5.49. The fourth-order valence-electron chi connectivity index (χ4n) is 5.28. The number of likely N-dealkylation sites (tertiary alicyclic amines) is 1. The molecule has 1 saturated carbocycles. The molecule has 33 heavy (non-hydrogen) atoms. The van der Waals surface area contributed by atoms with E-state index in [2.05, 4.69) is 36.3 Å². The van der Waals surface area contributed by atoms with Crippen molar-refractivity contribution >= 4 is 17.5 Å². The number of amides is 1. The number of rotatable bonds is 5. The first-order valence-electron chi connectivity index (χ1n) is 12.3. The summed E-state index contributed by atoms with van der Waals surface area (Å²) in [4.78, 5) is 15.4. The zero-order chi connectivity index (χ0) is 23.8. The molecule has 2 fully saturated rings. The van der Waals surface area contributed by atoms with Gasteiger partial charge in [-0.3, -0.25) is 9.48 Å². The summed E-state index contributed by atoms with van der Waals surface area (Å²) in [5.41, 5.74) is 2.22. The second-order valence-corrected chi connectivity index (χ2v) is 11.7. The van der Waals surface area contributed by atoms with Gasteiger partial charge in [0.25, 0.3) is 5.91 Å². The number of hydrogen-bond donors (Lipinski definition) is 1. The van der Waals surface area contributed by atoms with Crippen molar-refractivity contribution in [3.8, 4) is 11.4 Å². The van der Waals surface area contributed by atoms with Crippen molar-refractivity contribution in [2.75, 3.05) is 19.6 Å². The van der Waals surface area contributed by atoms with Gasteiger partial charge >= 0.3 is 0 Å². The maximum atomic E-state index is 13.5. The molecule has 0 radical (unpaired) electrons. The number of aryl methyl sites for hydroxylation is 2. The summed E-state index contributed by atoms with van der Waals surface area (Å²) in [5.74, 6) is 0.615. The highest BCUT2D eigenvalue weighted by Crippen LogP contribution is 2.45. The van der Waals surface area contributed by atoms with Gasteiger partial charge in [-0.15, -0.1) is 0 Å². The number of halogens is 1. The van der Waals surface area contributed by atoms with Crippen LogP contribution < -0.4 is 5.32 Å². The quantitative estimate of drug-likeness (QED) is 0.640. The van der Waals surface area contributed by atoms with Gasteiger partial charge in [0, 0.05) is 32.2 Å². The molecule has 1 saturated heterocycles. The minimum atomic E-state index is -0.0591. The van der Waals surface area contributed by atoms with E-state index in [1.165, 1.54) is 36.8 Å². The first-order chi connectivity index (χ1) is 15.6. The summed E-state index contributed by atoms with van der Waals surface area (Å²) >= 11 is 6.50. The smallest absolute Gasteiger partial charge is 0.259 e. The third-order valence-corrected chi connectivity index (χ3v) is 7.96. The van der Waals surface area contributed by atoms with Crippen LogP contribution in [0, 0.1) is 17.8 Å². The molecular weight excluding hydrogens is 438 g/mol. The second kappa shape index (κ2) is 9.41. The molecule has 4 rings (SSSR count). The van der Waals surface area contributed by atoms with E-state index < -0.39 is 0 Å². The average molecular weight is 476 g/mol. The van der Waals surface area contributed by atoms with E-state index in [1.807, 2.05) is 11.8 Å². The molecule has 1 spiro atoms. The lowest BCUT2D eigenvalue weighted by atomic mass is 9.67. The molecule has 2 aromatic heterocycles. The molecule has 3 heterocycles. The van der Waals surface area contributed by atoms with Crippen LogP contribution in [0.4, 0.5) is 0 Å². The van der Waals surface area contributed by atoms with Crippen LogP contribution in [-0.4, -0.2) is 51.4 Å². The molecule has 0 unspecified atom stereocenters. The van der Waals surface area contributed by atoms with Gasteiger partial charge in [-0.1, -0.05) is 37.5 Å². The third-order valence-electron chi connectivity index (χ3n) is 7.53. The Balaban J connectivity index is 1.35. The van der Waals surface area contributed by atoms with Crippen LogP contribution in [0.2, 0.25) is 5.15 Å². The number of nitrogens with one attached hydrogen (secondary N) is 1. The maximum absolute atomic E-state index is 13.5. The zero-order valence-electron chi connectivity index (χ0n) is 20.7. The van der Waals surface area contributed by atoms with Crippen LogP contribution in [0.25, 0.3) is 11.4 Å². The molecule has 2 aromatic rings. The maximum Gasteiger partial charge on any atom is 0.259 e. The van der Waals surface area contributed by atoms with Crippen molar-refractivity contribution in [1.29, 1.82) is 0 Å². The lowest BCUT2D eigenvalue weighted by Crippen LogP contribution is -2.46. The Labute approximate surface area is 202 Å². The van der Waals surface area contributed by atoms with Crippen LogP contribution in [0.1, 0.15) is 81.8 Å². The van der Waals surface area contributed by atoms with Gasteiger partial charge in [-0.05, 0) is 69.2 Å². The minimum absolute atomic E-state index is 0.0591. The predicted octanol–water partition coefficient (Wildman–Crippen LogP) is 5.23. The Bertz CT molecular complexity index is 972. The Morgan fingerprint density at radius 3 is 2.48 bits per heavy atom. The Hall–Kier alpha value is -1.86. The van der Waals surface area contributed by atoms with E-state index in [0.29, 0.717) is 44.7 Å². The standard InChI is InChI=1S/C25H38ClN5O2/c1-17-16-19(29-33-17)21-20(22(26)30(5)28-21)23(32)31-14-11-25(12-15-31)8-6-18(7-9-25)27-13-10-24(2,3)4/h16,18,27H,6-15H2,1-5H3. The van der Waals surface area contributed by atoms with Crippen LogP contribution in [0.3, 0.4) is 0 Å². The van der Waals surface area contributed by atoms with Crippen LogP contribution in [0.5, 0.6) is 0 Å². The van der Waals surface area contributed by atoms with Crippen molar-refractivity contribution in [1.82, 2.24) is 25.2 Å². The van der Waals surface area contributed by atoms with E-state index in [1.54, 1.807) is 13.1 Å². The summed E-state index contributed by atoms with van der Waals surface area (Å²) < 4.78 is 6.74. The molecule has 0 atom stereocenters. The summed E-state index contributed by atoms with van der Waals surface area (Å²) in [7, 11) is 1.74. The highest BCUT2D eigenvalue weighted by molar-refractivity contribution is 6.33. The van der Waals surface area contributed by atoms with Gasteiger partial charge in [-0.2, -0.15) is 5.10 Å². The Morgan fingerprint density at radius 1 is 1.24 bits per heavy atom. The van der Waals surface area contributed by atoms with Crippen LogP contribution >= 0.6 is 11.6 Å². The number of carbonyl (C=O) groups excluding carboxylic acids is 1. The van der Waals surface area contributed by atoms with Crippen molar-refractivity contribution in [2.45, 2.75) is 78.7 Å². The predicted molar refractivity (Wildman–Crippen MR) is 130 cm³/mol. The molecule has 182 valence electrons. The zero-order valence-corrected chi connectivity index (χ0v) is 21.5. The van der Waals surface area contributed by atoms with Gasteiger partial charge < -0.3 is 14.7 Å². The molecular formula is C25H38ClN5O2. The van der Waals surface area contributed by atoms with E-state index in [9.17, 15) is 4.79 Å². The van der Waals surface area contributed by atoms with Crippen molar-refractivity contribution < 1.29 is 9.32 Å². The lowest BCUT2D eigenvalue weighted by Gasteiger charge is -2.46. The highest BCUT2D eigenvalue weighted by Gasteiger charge is 2.40. The number of nitrogens with zero attached hydrogens (tertiary/aromatic N) is 4. The van der Waals surface area contributed by atoms with Gasteiger partial charge in [0.2, 0.25) is 0 Å². The largest absolute Gasteiger partial charge is 0.361 e. The molecule has 7 nitrogen and oxygen atoms in total. The molecule has 0 aromatic carbocycles. The summed E-state index contributed by atoms with van der Waals surface area (Å²) in [6.07, 6.45) is 8.30. The van der Waals surface area contributed by atoms with Crippen molar-refractivity contribution in [3.05, 3.63) is 22.5 Å². The first-order valence-corrected chi connectivity index (χ1v) is 12.6. The lowest BCUT2D eigenvalue weighted by molar-refractivity contribution is 0.0432. The van der Waals surface area contributed by atoms with Crippen molar-refractivity contribution in [3.63, 3.8) is 0 Å². The van der Waals surface area contributed by atoms with E-state index in [0.717, 1.165) is 32.5 Å². The van der Waals surface area contributed by atoms with Crippen LogP contribution in [-0.2, 0) is 7.05 Å². The number of piperidine rings is 1. The van der Waals surface area contributed by atoms with E-state index >= 15 is 0 Å². The topological polar surface area (TPSA) is 76.2 Å². The van der Waals surface area contributed by atoms with E-state index in [4.69, 9.17) is 16.1 Å². The third kappa shape index (κ3) is 5.46. The Kier molecular flexibility index (Phi) is 6.92. The number of hydrogen-bond acceptors (Lipinski definition) is 5. The number of aromatic nitrogens is 3. The molecule has 8 heteroatoms.